The fraction of sp³-hybridized carbons (Fsp3) is 1.00. The van der Waals surface area contributed by atoms with Gasteiger partial charge in [0.2, 0.25) is 0 Å². The van der Waals surface area contributed by atoms with Gasteiger partial charge in [0.25, 0.3) is 0 Å². The number of nitrogens with zero attached hydrogens (tertiary/aromatic N) is 2. The average Bonchev–Trinajstić information content (AvgIpc) is 2.05. The highest BCUT2D eigenvalue weighted by Crippen LogP contribution is 2.16. The van der Waals surface area contributed by atoms with Crippen molar-refractivity contribution in [1.29, 1.82) is 0 Å². The maximum atomic E-state index is 6.07. The Bertz CT molecular complexity index is 201. The summed E-state index contributed by atoms with van der Waals surface area (Å²) >= 11 is 0. The lowest BCUT2D eigenvalue weighted by atomic mass is 9.98. The average molecular weight is 250 g/mol. The first-order valence-corrected chi connectivity index (χ1v) is 6.01. The second-order valence-electron chi connectivity index (χ2n) is 6.02. The molecule has 1 atom stereocenters. The third-order valence-corrected chi connectivity index (χ3v) is 3.18. The third-order valence-electron chi connectivity index (χ3n) is 3.18. The predicted molar refractivity (Wildman–Crippen MR) is 73.2 cm³/mol. The molecule has 98 valence electrons. The first kappa shape index (κ1) is 16.2. The number of piperazine rings is 1. The molecular weight excluding hydrogens is 222 g/mol. The van der Waals surface area contributed by atoms with Crippen molar-refractivity contribution in [3.05, 3.63) is 0 Å². The van der Waals surface area contributed by atoms with Crippen molar-refractivity contribution in [2.24, 2.45) is 11.7 Å². The summed E-state index contributed by atoms with van der Waals surface area (Å²) in [7, 11) is 2.23. The topological polar surface area (TPSA) is 32.5 Å². The number of halogens is 1. The smallest absolute Gasteiger partial charge is 0.0243 e. The van der Waals surface area contributed by atoms with Crippen molar-refractivity contribution in [3.8, 4) is 0 Å². The normalized spacial score (nSPS) is 24.6. The van der Waals surface area contributed by atoms with Crippen LogP contribution in [0.3, 0.4) is 0 Å². The molecule has 16 heavy (non-hydrogen) atoms. The minimum absolute atomic E-state index is 0. The van der Waals surface area contributed by atoms with Gasteiger partial charge in [0.1, 0.15) is 0 Å². The van der Waals surface area contributed by atoms with E-state index < -0.39 is 0 Å². The zero-order chi connectivity index (χ0) is 11.6. The highest BCUT2D eigenvalue weighted by molar-refractivity contribution is 5.85. The summed E-state index contributed by atoms with van der Waals surface area (Å²) in [5.41, 5.74) is 6.00. The van der Waals surface area contributed by atoms with Crippen molar-refractivity contribution in [1.82, 2.24) is 9.80 Å². The summed E-state index contributed by atoms with van der Waals surface area (Å²) in [6, 6.07) is 0.682. The lowest BCUT2D eigenvalue weighted by molar-refractivity contribution is 0.0598. The van der Waals surface area contributed by atoms with Crippen LogP contribution in [0.5, 0.6) is 0 Å². The van der Waals surface area contributed by atoms with Crippen LogP contribution in [-0.2, 0) is 0 Å². The number of rotatable bonds is 3. The summed E-state index contributed by atoms with van der Waals surface area (Å²) in [4.78, 5) is 4.98. The lowest BCUT2D eigenvalue weighted by Crippen LogP contribution is -2.57. The molecule has 1 saturated heterocycles. The van der Waals surface area contributed by atoms with Crippen LogP contribution in [0.25, 0.3) is 0 Å². The van der Waals surface area contributed by atoms with Crippen LogP contribution in [0.2, 0.25) is 0 Å². The second kappa shape index (κ2) is 6.20. The minimum Gasteiger partial charge on any atom is -0.324 e. The van der Waals surface area contributed by atoms with Crippen LogP contribution >= 0.6 is 12.4 Å². The van der Waals surface area contributed by atoms with E-state index in [4.69, 9.17) is 5.73 Å². The van der Waals surface area contributed by atoms with Crippen molar-refractivity contribution < 1.29 is 0 Å². The van der Waals surface area contributed by atoms with E-state index in [2.05, 4.69) is 44.5 Å². The van der Waals surface area contributed by atoms with Crippen molar-refractivity contribution in [2.45, 2.75) is 39.3 Å². The van der Waals surface area contributed by atoms with Crippen LogP contribution in [-0.4, -0.2) is 54.6 Å². The standard InChI is InChI=1S/C12H27N3.ClH/c1-10(2)11-8-15(7-6-14(11)5)9-12(3,4)13;/h10-11H,6-9,13H2,1-5H3;1H. The monoisotopic (exact) mass is 249 g/mol. The molecule has 0 spiro atoms. The molecule has 0 radical (unpaired) electrons. The predicted octanol–water partition coefficient (Wildman–Crippen LogP) is 1.42. The Morgan fingerprint density at radius 2 is 1.88 bits per heavy atom. The van der Waals surface area contributed by atoms with Crippen LogP contribution in [0, 0.1) is 5.92 Å². The molecule has 0 aliphatic carbocycles. The Labute approximate surface area is 107 Å². The van der Waals surface area contributed by atoms with Crippen molar-refractivity contribution >= 4 is 12.4 Å². The van der Waals surface area contributed by atoms with Gasteiger partial charge in [-0.25, -0.2) is 0 Å². The number of nitrogens with two attached hydrogens (primary N) is 1. The van der Waals surface area contributed by atoms with Gasteiger partial charge >= 0.3 is 0 Å². The van der Waals surface area contributed by atoms with E-state index in [1.54, 1.807) is 0 Å². The fourth-order valence-electron chi connectivity index (χ4n) is 2.40. The summed E-state index contributed by atoms with van der Waals surface area (Å²) in [6.45, 7) is 13.3. The van der Waals surface area contributed by atoms with Crippen LogP contribution in [0.4, 0.5) is 0 Å². The number of hydrogen-bond donors (Lipinski definition) is 1. The molecule has 1 unspecified atom stereocenters. The van der Waals surface area contributed by atoms with Gasteiger partial charge in [0.15, 0.2) is 0 Å². The highest BCUT2D eigenvalue weighted by atomic mass is 35.5. The maximum Gasteiger partial charge on any atom is 0.0243 e. The number of hydrogen-bond acceptors (Lipinski definition) is 3. The largest absolute Gasteiger partial charge is 0.324 e. The van der Waals surface area contributed by atoms with Gasteiger partial charge in [-0.05, 0) is 26.8 Å². The zero-order valence-electron chi connectivity index (χ0n) is 11.4. The van der Waals surface area contributed by atoms with Crippen molar-refractivity contribution in [3.63, 3.8) is 0 Å². The molecule has 0 bridgehead atoms. The second-order valence-corrected chi connectivity index (χ2v) is 6.02. The first-order valence-electron chi connectivity index (χ1n) is 6.01. The van der Waals surface area contributed by atoms with Gasteiger partial charge in [0, 0.05) is 37.8 Å². The van der Waals surface area contributed by atoms with Crippen molar-refractivity contribution in [2.75, 3.05) is 33.2 Å². The molecule has 1 aliphatic rings. The quantitative estimate of drug-likeness (QED) is 0.821. The van der Waals surface area contributed by atoms with Gasteiger partial charge in [-0.15, -0.1) is 12.4 Å². The minimum atomic E-state index is -0.0720. The molecular formula is C12H28ClN3. The van der Waals surface area contributed by atoms with E-state index in [-0.39, 0.29) is 17.9 Å². The summed E-state index contributed by atoms with van der Waals surface area (Å²) in [5.74, 6) is 0.721. The molecule has 0 aromatic rings. The maximum absolute atomic E-state index is 6.07. The SMILES string of the molecule is CC(C)C1CN(CC(C)(C)N)CCN1C.Cl. The molecule has 1 heterocycles. The zero-order valence-corrected chi connectivity index (χ0v) is 12.2. The molecule has 4 heteroatoms. The van der Waals surface area contributed by atoms with Gasteiger partial charge < -0.3 is 10.6 Å². The lowest BCUT2D eigenvalue weighted by Gasteiger charge is -2.43. The van der Waals surface area contributed by atoms with E-state index in [1.807, 2.05) is 0 Å². The van der Waals surface area contributed by atoms with Crippen LogP contribution in [0.15, 0.2) is 0 Å². The van der Waals surface area contributed by atoms with Crippen LogP contribution in [0.1, 0.15) is 27.7 Å². The van der Waals surface area contributed by atoms with E-state index in [0.29, 0.717) is 6.04 Å². The van der Waals surface area contributed by atoms with Crippen LogP contribution < -0.4 is 5.73 Å². The molecule has 0 amide bonds. The van der Waals surface area contributed by atoms with E-state index in [9.17, 15) is 0 Å². The fourth-order valence-corrected chi connectivity index (χ4v) is 2.40. The molecule has 0 aromatic heterocycles. The Hall–Kier alpha value is 0.170. The van der Waals surface area contributed by atoms with Gasteiger partial charge in [-0.1, -0.05) is 13.8 Å². The number of likely N-dealkylation sites (N-methyl/N-ethyl adjacent to an activating group) is 1. The summed E-state index contributed by atoms with van der Waals surface area (Å²) in [5, 5.41) is 0. The third kappa shape index (κ3) is 5.00. The molecule has 0 aromatic carbocycles. The highest BCUT2D eigenvalue weighted by Gasteiger charge is 2.28. The Morgan fingerprint density at radius 3 is 2.31 bits per heavy atom. The van der Waals surface area contributed by atoms with Gasteiger partial charge in [-0.2, -0.15) is 0 Å². The van der Waals surface area contributed by atoms with E-state index >= 15 is 0 Å². The van der Waals surface area contributed by atoms with Gasteiger partial charge in [0.05, 0.1) is 0 Å². The Balaban J connectivity index is 0.00000225. The Kier molecular flexibility index (Phi) is 6.26. The molecule has 1 aliphatic heterocycles. The summed E-state index contributed by atoms with van der Waals surface area (Å²) in [6.07, 6.45) is 0. The molecule has 1 fully saturated rings. The van der Waals surface area contributed by atoms with E-state index in [0.717, 1.165) is 25.6 Å². The summed E-state index contributed by atoms with van der Waals surface area (Å²) < 4.78 is 0. The van der Waals surface area contributed by atoms with E-state index in [1.165, 1.54) is 6.54 Å². The molecule has 3 nitrogen and oxygen atoms in total. The molecule has 1 rings (SSSR count). The molecule has 0 saturated carbocycles. The molecule has 2 N–H and O–H groups in total. The first-order chi connectivity index (χ1) is 6.79. The van der Waals surface area contributed by atoms with Gasteiger partial charge in [-0.3, -0.25) is 4.90 Å². The Morgan fingerprint density at radius 1 is 1.31 bits per heavy atom.